The molecule has 3 rings (SSSR count). The minimum absolute atomic E-state index is 0.0544. The Morgan fingerprint density at radius 2 is 2.08 bits per heavy atom. The van der Waals surface area contributed by atoms with Crippen LogP contribution in [0, 0.1) is 5.92 Å². The van der Waals surface area contributed by atoms with Crippen LogP contribution in [0.3, 0.4) is 0 Å². The second kappa shape index (κ2) is 7.73. The summed E-state index contributed by atoms with van der Waals surface area (Å²) < 4.78 is 32.0. The Bertz CT molecular complexity index is 801. The summed E-state index contributed by atoms with van der Waals surface area (Å²) >= 11 is 0. The summed E-state index contributed by atoms with van der Waals surface area (Å²) in [4.78, 5) is 23.7. The Labute approximate surface area is 152 Å². The molecule has 0 bridgehead atoms. The maximum absolute atomic E-state index is 12.9. The van der Waals surface area contributed by atoms with Crippen molar-refractivity contribution in [1.29, 1.82) is 0 Å². The summed E-state index contributed by atoms with van der Waals surface area (Å²) in [7, 11) is -2.06. The number of nitrogens with zero attached hydrogens (tertiary/aromatic N) is 1. The first-order valence-corrected chi connectivity index (χ1v) is 10.1. The molecule has 0 unspecified atom stereocenters. The van der Waals surface area contributed by atoms with E-state index in [0.29, 0.717) is 50.3 Å². The molecule has 0 aliphatic carbocycles. The van der Waals surface area contributed by atoms with E-state index >= 15 is 0 Å². The van der Waals surface area contributed by atoms with Crippen LogP contribution < -0.4 is 10.6 Å². The molecule has 26 heavy (non-hydrogen) atoms. The van der Waals surface area contributed by atoms with Gasteiger partial charge in [0, 0.05) is 38.3 Å². The quantitative estimate of drug-likeness (QED) is 0.692. The number of benzene rings is 1. The lowest BCUT2D eigenvalue weighted by Gasteiger charge is -2.30. The standard InChI is InChI=1S/C17H23N3O5S/c1-25-9-6-18-17(22)12-4-7-20(8-5-12)26(23,24)14-2-3-15-13(10-14)11-16(21)19-15/h2-3,10,12H,4-9,11H2,1H3,(H,18,22)(H,19,21). The molecule has 9 heteroatoms. The Morgan fingerprint density at radius 1 is 1.35 bits per heavy atom. The van der Waals surface area contributed by atoms with E-state index in [9.17, 15) is 18.0 Å². The van der Waals surface area contributed by atoms with Gasteiger partial charge in [0.25, 0.3) is 0 Å². The molecule has 2 amide bonds. The molecule has 0 aromatic heterocycles. The Balaban J connectivity index is 1.63. The lowest BCUT2D eigenvalue weighted by molar-refractivity contribution is -0.126. The summed E-state index contributed by atoms with van der Waals surface area (Å²) in [6.45, 7) is 1.52. The van der Waals surface area contributed by atoms with Crippen LogP contribution in [-0.4, -0.2) is 57.9 Å². The first kappa shape index (κ1) is 18.8. The highest BCUT2D eigenvalue weighted by molar-refractivity contribution is 7.89. The van der Waals surface area contributed by atoms with Gasteiger partial charge in [-0.2, -0.15) is 4.31 Å². The number of rotatable bonds is 6. The number of amides is 2. The van der Waals surface area contributed by atoms with Crippen molar-refractivity contribution in [3.05, 3.63) is 23.8 Å². The number of nitrogens with one attached hydrogen (secondary N) is 2. The van der Waals surface area contributed by atoms with Crippen LogP contribution in [0.4, 0.5) is 5.69 Å². The van der Waals surface area contributed by atoms with Gasteiger partial charge in [-0.15, -0.1) is 0 Å². The second-order valence-electron chi connectivity index (χ2n) is 6.51. The number of hydrogen-bond acceptors (Lipinski definition) is 5. The molecule has 0 saturated carbocycles. The van der Waals surface area contributed by atoms with Gasteiger partial charge in [-0.1, -0.05) is 0 Å². The van der Waals surface area contributed by atoms with Crippen LogP contribution in [0.15, 0.2) is 23.1 Å². The predicted molar refractivity (Wildman–Crippen MR) is 95.1 cm³/mol. The highest BCUT2D eigenvalue weighted by Gasteiger charge is 2.32. The number of hydrogen-bond donors (Lipinski definition) is 2. The Hall–Kier alpha value is -1.97. The van der Waals surface area contributed by atoms with Gasteiger partial charge < -0.3 is 15.4 Å². The highest BCUT2D eigenvalue weighted by atomic mass is 32.2. The van der Waals surface area contributed by atoms with Crippen molar-refractivity contribution in [2.24, 2.45) is 5.92 Å². The van der Waals surface area contributed by atoms with Crippen molar-refractivity contribution in [2.75, 3.05) is 38.7 Å². The van der Waals surface area contributed by atoms with Crippen LogP contribution in [0.25, 0.3) is 0 Å². The SMILES string of the molecule is COCCNC(=O)C1CCN(S(=O)(=O)c2ccc3c(c2)CC(=O)N3)CC1. The largest absolute Gasteiger partial charge is 0.383 e. The predicted octanol–water partition coefficient (Wildman–Crippen LogP) is 0.345. The summed E-state index contributed by atoms with van der Waals surface area (Å²) in [6, 6.07) is 4.71. The molecule has 1 saturated heterocycles. The van der Waals surface area contributed by atoms with Crippen molar-refractivity contribution < 1.29 is 22.7 Å². The fourth-order valence-electron chi connectivity index (χ4n) is 3.29. The number of fused-ring (bicyclic) bond motifs is 1. The van der Waals surface area contributed by atoms with Gasteiger partial charge in [0.1, 0.15) is 0 Å². The fraction of sp³-hybridized carbons (Fsp3) is 0.529. The summed E-state index contributed by atoms with van der Waals surface area (Å²) in [5.41, 5.74) is 1.36. The van der Waals surface area contributed by atoms with E-state index in [4.69, 9.17) is 4.74 Å². The van der Waals surface area contributed by atoms with Gasteiger partial charge in [0.2, 0.25) is 21.8 Å². The normalized spacial score (nSPS) is 18.4. The van der Waals surface area contributed by atoms with E-state index in [0.717, 1.165) is 0 Å². The fourth-order valence-corrected chi connectivity index (χ4v) is 4.82. The number of sulfonamides is 1. The van der Waals surface area contributed by atoms with Crippen molar-refractivity contribution in [3.63, 3.8) is 0 Å². The Morgan fingerprint density at radius 3 is 2.77 bits per heavy atom. The molecule has 0 radical (unpaired) electrons. The van der Waals surface area contributed by atoms with Crippen molar-refractivity contribution in [3.8, 4) is 0 Å². The van der Waals surface area contributed by atoms with Gasteiger partial charge in [-0.25, -0.2) is 8.42 Å². The summed E-state index contributed by atoms with van der Waals surface area (Å²) in [5, 5.41) is 5.49. The maximum atomic E-state index is 12.9. The molecule has 2 N–H and O–H groups in total. The minimum Gasteiger partial charge on any atom is -0.383 e. The van der Waals surface area contributed by atoms with Gasteiger partial charge >= 0.3 is 0 Å². The zero-order chi connectivity index (χ0) is 18.7. The molecule has 1 aromatic carbocycles. The minimum atomic E-state index is -3.63. The van der Waals surface area contributed by atoms with Crippen LogP contribution in [0.1, 0.15) is 18.4 Å². The first-order chi connectivity index (χ1) is 12.4. The van der Waals surface area contributed by atoms with Crippen LogP contribution in [-0.2, 0) is 30.8 Å². The van der Waals surface area contributed by atoms with Crippen LogP contribution in [0.2, 0.25) is 0 Å². The van der Waals surface area contributed by atoms with Crippen molar-refractivity contribution >= 4 is 27.5 Å². The van der Waals surface area contributed by atoms with Gasteiger partial charge in [-0.05, 0) is 36.6 Å². The van der Waals surface area contributed by atoms with E-state index in [-0.39, 0.29) is 29.0 Å². The van der Waals surface area contributed by atoms with E-state index < -0.39 is 10.0 Å². The molecule has 8 nitrogen and oxygen atoms in total. The molecule has 1 aromatic rings. The number of anilines is 1. The molecule has 2 heterocycles. The van der Waals surface area contributed by atoms with E-state index in [1.54, 1.807) is 19.2 Å². The van der Waals surface area contributed by atoms with Crippen molar-refractivity contribution in [1.82, 2.24) is 9.62 Å². The smallest absolute Gasteiger partial charge is 0.243 e. The van der Waals surface area contributed by atoms with Gasteiger partial charge in [0.05, 0.1) is 17.9 Å². The second-order valence-corrected chi connectivity index (χ2v) is 8.44. The average Bonchev–Trinajstić information content (AvgIpc) is 3.01. The number of ether oxygens (including phenoxy) is 1. The van der Waals surface area contributed by atoms with Gasteiger partial charge in [0.15, 0.2) is 0 Å². The van der Waals surface area contributed by atoms with E-state index in [2.05, 4.69) is 10.6 Å². The molecule has 0 spiro atoms. The lowest BCUT2D eigenvalue weighted by Crippen LogP contribution is -2.43. The van der Waals surface area contributed by atoms with E-state index in [1.807, 2.05) is 0 Å². The van der Waals surface area contributed by atoms with Crippen molar-refractivity contribution in [2.45, 2.75) is 24.2 Å². The number of carbonyl (C=O) groups excluding carboxylic acids is 2. The van der Waals surface area contributed by atoms with Gasteiger partial charge in [-0.3, -0.25) is 9.59 Å². The summed E-state index contributed by atoms with van der Waals surface area (Å²) in [5.74, 6) is -0.365. The number of carbonyl (C=O) groups is 2. The average molecular weight is 381 g/mol. The summed E-state index contributed by atoms with van der Waals surface area (Å²) in [6.07, 6.45) is 1.18. The van der Waals surface area contributed by atoms with Crippen LogP contribution in [0.5, 0.6) is 0 Å². The molecular formula is C17H23N3O5S. The molecule has 1 fully saturated rings. The molecular weight excluding hydrogens is 358 g/mol. The first-order valence-electron chi connectivity index (χ1n) is 8.61. The molecule has 2 aliphatic rings. The topological polar surface area (TPSA) is 105 Å². The lowest BCUT2D eigenvalue weighted by atomic mass is 9.97. The maximum Gasteiger partial charge on any atom is 0.243 e. The highest BCUT2D eigenvalue weighted by Crippen LogP contribution is 2.29. The molecule has 2 aliphatic heterocycles. The van der Waals surface area contributed by atoms with Crippen LogP contribution >= 0.6 is 0 Å². The zero-order valence-corrected chi connectivity index (χ0v) is 15.5. The van der Waals surface area contributed by atoms with E-state index in [1.165, 1.54) is 10.4 Å². The Kier molecular flexibility index (Phi) is 5.59. The third-order valence-corrected chi connectivity index (χ3v) is 6.66. The third kappa shape index (κ3) is 3.89. The molecule has 142 valence electrons. The number of methoxy groups -OCH3 is 1. The third-order valence-electron chi connectivity index (χ3n) is 4.77. The monoisotopic (exact) mass is 381 g/mol. The molecule has 0 atom stereocenters. The zero-order valence-electron chi connectivity index (χ0n) is 14.7. The number of piperidine rings is 1.